The maximum absolute atomic E-state index is 11.9. The van der Waals surface area contributed by atoms with Crippen molar-refractivity contribution in [2.75, 3.05) is 25.4 Å². The fraction of sp³-hybridized carbons (Fsp3) is 0.846. The van der Waals surface area contributed by atoms with Crippen LogP contribution in [0, 0.1) is 5.92 Å². The second-order valence-corrected chi connectivity index (χ2v) is 5.79. The lowest BCUT2D eigenvalue weighted by Crippen LogP contribution is -2.48. The van der Waals surface area contributed by atoms with Crippen molar-refractivity contribution in [3.63, 3.8) is 0 Å². The van der Waals surface area contributed by atoms with Crippen LogP contribution in [0.2, 0.25) is 0 Å². The SMILES string of the molecule is CC(=O)NC(CS)C(=O)NCC1CCN(C(C)C)C1. The monoisotopic (exact) mass is 287 g/mol. The molecule has 110 valence electrons. The Morgan fingerprint density at radius 1 is 1.42 bits per heavy atom. The van der Waals surface area contributed by atoms with Crippen molar-refractivity contribution in [2.45, 2.75) is 39.3 Å². The highest BCUT2D eigenvalue weighted by molar-refractivity contribution is 7.80. The lowest BCUT2D eigenvalue weighted by Gasteiger charge is -2.21. The highest BCUT2D eigenvalue weighted by atomic mass is 32.1. The molecule has 2 N–H and O–H groups in total. The largest absolute Gasteiger partial charge is 0.354 e. The second-order valence-electron chi connectivity index (χ2n) is 5.42. The molecular formula is C13H25N3O2S. The van der Waals surface area contributed by atoms with Gasteiger partial charge in [-0.2, -0.15) is 12.6 Å². The number of nitrogens with one attached hydrogen (secondary N) is 2. The van der Waals surface area contributed by atoms with E-state index in [0.717, 1.165) is 19.5 Å². The van der Waals surface area contributed by atoms with Crippen molar-refractivity contribution in [3.05, 3.63) is 0 Å². The van der Waals surface area contributed by atoms with Crippen molar-refractivity contribution < 1.29 is 9.59 Å². The quantitative estimate of drug-likeness (QED) is 0.615. The number of thiol groups is 1. The van der Waals surface area contributed by atoms with Crippen molar-refractivity contribution in [1.29, 1.82) is 0 Å². The van der Waals surface area contributed by atoms with Gasteiger partial charge in [0.1, 0.15) is 6.04 Å². The molecule has 2 unspecified atom stereocenters. The van der Waals surface area contributed by atoms with E-state index in [-0.39, 0.29) is 11.8 Å². The van der Waals surface area contributed by atoms with Crippen molar-refractivity contribution in [2.24, 2.45) is 5.92 Å². The van der Waals surface area contributed by atoms with E-state index in [0.29, 0.717) is 24.3 Å². The molecule has 1 rings (SSSR count). The normalized spacial score (nSPS) is 21.4. The molecule has 1 saturated heterocycles. The molecular weight excluding hydrogens is 262 g/mol. The first-order valence-corrected chi connectivity index (χ1v) is 7.47. The third-order valence-electron chi connectivity index (χ3n) is 3.49. The van der Waals surface area contributed by atoms with Gasteiger partial charge in [0.2, 0.25) is 11.8 Å². The predicted octanol–water partition coefficient (Wildman–Crippen LogP) is 0.267. The summed E-state index contributed by atoms with van der Waals surface area (Å²) < 4.78 is 0. The third-order valence-corrected chi connectivity index (χ3v) is 3.85. The predicted molar refractivity (Wildman–Crippen MR) is 79.3 cm³/mol. The summed E-state index contributed by atoms with van der Waals surface area (Å²) in [5.41, 5.74) is 0. The van der Waals surface area contributed by atoms with Gasteiger partial charge in [-0.1, -0.05) is 0 Å². The number of nitrogens with zero attached hydrogens (tertiary/aromatic N) is 1. The summed E-state index contributed by atoms with van der Waals surface area (Å²) in [6.07, 6.45) is 1.12. The zero-order valence-corrected chi connectivity index (χ0v) is 12.9. The van der Waals surface area contributed by atoms with Crippen molar-refractivity contribution >= 4 is 24.4 Å². The van der Waals surface area contributed by atoms with Gasteiger partial charge >= 0.3 is 0 Å². The van der Waals surface area contributed by atoms with Gasteiger partial charge in [-0.05, 0) is 32.7 Å². The topological polar surface area (TPSA) is 61.4 Å². The molecule has 6 heteroatoms. The molecule has 0 aromatic heterocycles. The van der Waals surface area contributed by atoms with Crippen LogP contribution in [0.3, 0.4) is 0 Å². The third kappa shape index (κ3) is 5.40. The van der Waals surface area contributed by atoms with Gasteiger partial charge in [0.05, 0.1) is 0 Å². The van der Waals surface area contributed by atoms with E-state index in [4.69, 9.17) is 0 Å². The van der Waals surface area contributed by atoms with E-state index in [9.17, 15) is 9.59 Å². The van der Waals surface area contributed by atoms with Crippen LogP contribution in [0.1, 0.15) is 27.2 Å². The first-order chi connectivity index (χ1) is 8.93. The summed E-state index contributed by atoms with van der Waals surface area (Å²) >= 11 is 4.09. The van der Waals surface area contributed by atoms with Crippen LogP contribution in [0.4, 0.5) is 0 Å². The van der Waals surface area contributed by atoms with Crippen LogP contribution in [0.15, 0.2) is 0 Å². The first kappa shape index (κ1) is 16.3. The molecule has 0 bridgehead atoms. The number of hydrogen-bond donors (Lipinski definition) is 3. The molecule has 19 heavy (non-hydrogen) atoms. The van der Waals surface area contributed by atoms with Crippen LogP contribution in [-0.4, -0.2) is 54.2 Å². The lowest BCUT2D eigenvalue weighted by molar-refractivity contribution is -0.127. The Labute approximate surface area is 120 Å². The molecule has 0 aliphatic carbocycles. The number of carbonyl (C=O) groups excluding carboxylic acids is 2. The van der Waals surface area contributed by atoms with E-state index in [2.05, 4.69) is 42.0 Å². The van der Waals surface area contributed by atoms with Crippen LogP contribution in [0.25, 0.3) is 0 Å². The molecule has 0 aromatic rings. The Morgan fingerprint density at radius 3 is 2.58 bits per heavy atom. The van der Waals surface area contributed by atoms with Crippen LogP contribution in [-0.2, 0) is 9.59 Å². The van der Waals surface area contributed by atoms with Gasteiger partial charge in [0.25, 0.3) is 0 Å². The molecule has 0 radical (unpaired) electrons. The van der Waals surface area contributed by atoms with Gasteiger partial charge < -0.3 is 15.5 Å². The summed E-state index contributed by atoms with van der Waals surface area (Å²) in [5, 5.41) is 5.51. The fourth-order valence-corrected chi connectivity index (χ4v) is 2.56. The maximum Gasteiger partial charge on any atom is 0.243 e. The van der Waals surface area contributed by atoms with Crippen molar-refractivity contribution in [1.82, 2.24) is 15.5 Å². The van der Waals surface area contributed by atoms with Crippen molar-refractivity contribution in [3.8, 4) is 0 Å². The second kappa shape index (κ2) is 7.75. The molecule has 1 heterocycles. The molecule has 0 spiro atoms. The van der Waals surface area contributed by atoms with E-state index >= 15 is 0 Å². The Balaban J connectivity index is 2.32. The van der Waals surface area contributed by atoms with E-state index in [1.165, 1.54) is 6.92 Å². The standard InChI is InChI=1S/C13H25N3O2S/c1-9(2)16-5-4-11(7-16)6-14-13(18)12(8-19)15-10(3)17/h9,11-12,19H,4-8H2,1-3H3,(H,14,18)(H,15,17). The van der Waals surface area contributed by atoms with Gasteiger partial charge in [-0.3, -0.25) is 9.59 Å². The summed E-state index contributed by atoms with van der Waals surface area (Å²) in [6.45, 7) is 8.58. The summed E-state index contributed by atoms with van der Waals surface area (Å²) in [6, 6.07) is 0.0220. The molecule has 1 aliphatic rings. The maximum atomic E-state index is 11.9. The molecule has 5 nitrogen and oxygen atoms in total. The molecule has 2 atom stereocenters. The number of hydrogen-bond acceptors (Lipinski definition) is 4. The van der Waals surface area contributed by atoms with Crippen LogP contribution >= 0.6 is 12.6 Å². The molecule has 1 fully saturated rings. The van der Waals surface area contributed by atoms with Gasteiger partial charge in [0, 0.05) is 31.8 Å². The van der Waals surface area contributed by atoms with E-state index in [1.54, 1.807) is 0 Å². The van der Waals surface area contributed by atoms with Gasteiger partial charge in [-0.25, -0.2) is 0 Å². The minimum absolute atomic E-state index is 0.145. The average Bonchev–Trinajstić information content (AvgIpc) is 2.81. The smallest absolute Gasteiger partial charge is 0.243 e. The first-order valence-electron chi connectivity index (χ1n) is 6.83. The zero-order chi connectivity index (χ0) is 14.4. The minimum atomic E-state index is -0.538. The number of likely N-dealkylation sites (tertiary alicyclic amines) is 1. The van der Waals surface area contributed by atoms with Crippen LogP contribution < -0.4 is 10.6 Å². The Kier molecular flexibility index (Phi) is 6.65. The Morgan fingerprint density at radius 2 is 2.11 bits per heavy atom. The molecule has 0 saturated carbocycles. The molecule has 0 aromatic carbocycles. The highest BCUT2D eigenvalue weighted by Gasteiger charge is 2.25. The number of amides is 2. The Hall–Kier alpha value is -0.750. The lowest BCUT2D eigenvalue weighted by atomic mass is 10.1. The van der Waals surface area contributed by atoms with Crippen LogP contribution in [0.5, 0.6) is 0 Å². The molecule has 1 aliphatic heterocycles. The highest BCUT2D eigenvalue weighted by Crippen LogP contribution is 2.17. The molecule has 2 amide bonds. The van der Waals surface area contributed by atoms with E-state index < -0.39 is 6.04 Å². The number of rotatable bonds is 6. The zero-order valence-electron chi connectivity index (χ0n) is 12.0. The minimum Gasteiger partial charge on any atom is -0.354 e. The number of carbonyl (C=O) groups is 2. The average molecular weight is 287 g/mol. The summed E-state index contributed by atoms with van der Waals surface area (Å²) in [7, 11) is 0. The summed E-state index contributed by atoms with van der Waals surface area (Å²) in [4.78, 5) is 25.3. The van der Waals surface area contributed by atoms with E-state index in [1.807, 2.05) is 0 Å². The summed E-state index contributed by atoms with van der Waals surface area (Å²) in [5.74, 6) is 0.465. The van der Waals surface area contributed by atoms with Gasteiger partial charge in [0.15, 0.2) is 0 Å². The fourth-order valence-electron chi connectivity index (χ4n) is 2.31. The Bertz CT molecular complexity index is 323. The van der Waals surface area contributed by atoms with Gasteiger partial charge in [-0.15, -0.1) is 0 Å².